The molecule has 5 heteroatoms. The zero-order chi connectivity index (χ0) is 17.3. The third-order valence-corrected chi connectivity index (χ3v) is 6.05. The number of hydrogen-bond acceptors (Lipinski definition) is 3. The molecule has 0 radical (unpaired) electrons. The van der Waals surface area contributed by atoms with E-state index < -0.39 is 0 Å². The molecule has 2 aromatic rings. The lowest BCUT2D eigenvalue weighted by atomic mass is 10.0. The molecule has 128 valence electrons. The van der Waals surface area contributed by atoms with E-state index >= 15 is 0 Å². The van der Waals surface area contributed by atoms with Crippen molar-refractivity contribution in [3.8, 4) is 0 Å². The van der Waals surface area contributed by atoms with Gasteiger partial charge in [0.2, 0.25) is 0 Å². The molecule has 0 unspecified atom stereocenters. The second kappa shape index (κ2) is 7.47. The first-order valence-corrected chi connectivity index (χ1v) is 9.78. The largest absolute Gasteiger partial charge is 0.371 e. The second-order valence-electron chi connectivity index (χ2n) is 6.33. The molecule has 1 aliphatic rings. The van der Waals surface area contributed by atoms with E-state index in [2.05, 4.69) is 36.5 Å². The smallest absolute Gasteiger partial charge is 0.0560 e. The van der Waals surface area contributed by atoms with Crippen molar-refractivity contribution in [2.45, 2.75) is 38.5 Å². The van der Waals surface area contributed by atoms with Gasteiger partial charge in [-0.15, -0.1) is 0 Å². The van der Waals surface area contributed by atoms with Crippen LogP contribution in [0.2, 0.25) is 10.0 Å². The van der Waals surface area contributed by atoms with Gasteiger partial charge in [0.25, 0.3) is 0 Å². The molecular weight excluding hydrogens is 359 g/mol. The van der Waals surface area contributed by atoms with E-state index in [9.17, 15) is 0 Å². The van der Waals surface area contributed by atoms with Crippen LogP contribution >= 0.6 is 35.1 Å². The van der Waals surface area contributed by atoms with Crippen molar-refractivity contribution in [3.63, 3.8) is 0 Å². The van der Waals surface area contributed by atoms with E-state index in [0.29, 0.717) is 10.0 Å². The van der Waals surface area contributed by atoms with Gasteiger partial charge in [0.05, 0.1) is 10.7 Å². The van der Waals surface area contributed by atoms with Gasteiger partial charge in [0.1, 0.15) is 0 Å². The number of nitrogens with one attached hydrogen (secondary N) is 1. The number of benzene rings is 2. The Balaban J connectivity index is 1.90. The molecule has 0 aromatic heterocycles. The van der Waals surface area contributed by atoms with Crippen molar-refractivity contribution >= 4 is 46.5 Å². The van der Waals surface area contributed by atoms with Crippen LogP contribution in [-0.2, 0) is 0 Å². The molecule has 1 heterocycles. The van der Waals surface area contributed by atoms with Crippen LogP contribution in [0.25, 0.3) is 0 Å². The Morgan fingerprint density at radius 1 is 1.00 bits per heavy atom. The summed E-state index contributed by atoms with van der Waals surface area (Å²) in [6.45, 7) is 8.86. The molecule has 1 saturated heterocycles. The second-order valence-corrected chi connectivity index (χ2v) is 8.02. The fraction of sp³-hybridized carbons (Fsp3) is 0.368. The molecule has 0 spiro atoms. The van der Waals surface area contributed by atoms with Gasteiger partial charge in [0, 0.05) is 28.7 Å². The lowest BCUT2D eigenvalue weighted by molar-refractivity contribution is 0.949. The molecule has 0 saturated carbocycles. The standard InChI is InChI=1S/C19H22Cl2N2S/c1-12-10-13(2)19(23-8-4-5-9-23)14(3)18(12)22-24-17-11-15(20)6-7-16(17)21/h6-7,10-11,22H,4-5,8-9H2,1-3H3. The van der Waals surface area contributed by atoms with E-state index in [1.807, 2.05) is 18.2 Å². The number of halogens is 2. The van der Waals surface area contributed by atoms with Crippen LogP contribution in [0.1, 0.15) is 29.5 Å². The van der Waals surface area contributed by atoms with Crippen LogP contribution in [-0.4, -0.2) is 13.1 Å². The Bertz CT molecular complexity index is 756. The van der Waals surface area contributed by atoms with Gasteiger partial charge in [-0.3, -0.25) is 0 Å². The maximum absolute atomic E-state index is 6.27. The SMILES string of the molecule is Cc1cc(C)c(N2CCCC2)c(C)c1NSc1cc(Cl)ccc1Cl. The molecule has 1 aliphatic heterocycles. The van der Waals surface area contributed by atoms with Gasteiger partial charge < -0.3 is 9.62 Å². The molecule has 2 aromatic carbocycles. The summed E-state index contributed by atoms with van der Waals surface area (Å²) in [5, 5.41) is 1.40. The number of hydrogen-bond donors (Lipinski definition) is 1. The summed E-state index contributed by atoms with van der Waals surface area (Å²) >= 11 is 13.9. The van der Waals surface area contributed by atoms with Gasteiger partial charge in [-0.25, -0.2) is 0 Å². The minimum atomic E-state index is 0.693. The van der Waals surface area contributed by atoms with Crippen LogP contribution < -0.4 is 9.62 Å². The normalized spacial score (nSPS) is 14.3. The zero-order valence-electron chi connectivity index (χ0n) is 14.2. The summed E-state index contributed by atoms with van der Waals surface area (Å²) in [5.41, 5.74) is 6.45. The van der Waals surface area contributed by atoms with Gasteiger partial charge >= 0.3 is 0 Å². The predicted octanol–water partition coefficient (Wildman–Crippen LogP) is 6.64. The van der Waals surface area contributed by atoms with Gasteiger partial charge in [-0.05, 0) is 80.5 Å². The van der Waals surface area contributed by atoms with Gasteiger partial charge in [-0.2, -0.15) is 0 Å². The number of nitrogens with zero attached hydrogens (tertiary/aromatic N) is 1. The molecule has 1 fully saturated rings. The molecule has 0 aliphatic carbocycles. The van der Waals surface area contributed by atoms with Crippen molar-refractivity contribution in [1.29, 1.82) is 0 Å². The Morgan fingerprint density at radius 3 is 2.42 bits per heavy atom. The maximum atomic E-state index is 6.27. The summed E-state index contributed by atoms with van der Waals surface area (Å²) in [7, 11) is 0. The molecular formula is C19H22Cl2N2S. The fourth-order valence-corrected chi connectivity index (χ4v) is 4.77. The highest BCUT2D eigenvalue weighted by molar-refractivity contribution is 8.00. The maximum Gasteiger partial charge on any atom is 0.0560 e. The highest BCUT2D eigenvalue weighted by Gasteiger charge is 2.19. The Kier molecular flexibility index (Phi) is 5.53. The molecule has 2 nitrogen and oxygen atoms in total. The van der Waals surface area contributed by atoms with E-state index in [-0.39, 0.29) is 0 Å². The number of aryl methyl sites for hydroxylation is 2. The average Bonchev–Trinajstić information content (AvgIpc) is 3.04. The third-order valence-electron chi connectivity index (χ3n) is 4.51. The van der Waals surface area contributed by atoms with Crippen LogP contribution in [0.4, 0.5) is 11.4 Å². The molecule has 24 heavy (non-hydrogen) atoms. The van der Waals surface area contributed by atoms with Crippen LogP contribution in [0.15, 0.2) is 29.2 Å². The highest BCUT2D eigenvalue weighted by Crippen LogP contribution is 2.38. The number of rotatable bonds is 4. The summed E-state index contributed by atoms with van der Waals surface area (Å²) in [6, 6.07) is 7.80. The monoisotopic (exact) mass is 380 g/mol. The van der Waals surface area contributed by atoms with Crippen molar-refractivity contribution in [1.82, 2.24) is 0 Å². The molecule has 3 rings (SSSR count). The van der Waals surface area contributed by atoms with Crippen molar-refractivity contribution in [2.24, 2.45) is 0 Å². The summed E-state index contributed by atoms with van der Waals surface area (Å²) in [4.78, 5) is 3.44. The predicted molar refractivity (Wildman–Crippen MR) is 108 cm³/mol. The molecule has 0 amide bonds. The lowest BCUT2D eigenvalue weighted by Gasteiger charge is -2.26. The van der Waals surface area contributed by atoms with Crippen molar-refractivity contribution in [2.75, 3.05) is 22.7 Å². The van der Waals surface area contributed by atoms with E-state index in [0.717, 1.165) is 18.0 Å². The third kappa shape index (κ3) is 3.63. The number of anilines is 2. The Labute approximate surface area is 158 Å². The Morgan fingerprint density at radius 2 is 1.71 bits per heavy atom. The van der Waals surface area contributed by atoms with Crippen LogP contribution in [0.3, 0.4) is 0 Å². The van der Waals surface area contributed by atoms with Crippen molar-refractivity contribution < 1.29 is 0 Å². The van der Waals surface area contributed by atoms with E-state index in [4.69, 9.17) is 23.2 Å². The first-order chi connectivity index (χ1) is 11.5. The van der Waals surface area contributed by atoms with E-state index in [1.54, 1.807) is 0 Å². The zero-order valence-corrected chi connectivity index (χ0v) is 16.6. The Hall–Kier alpha value is -1.03. The van der Waals surface area contributed by atoms with Gasteiger partial charge in [0.15, 0.2) is 0 Å². The molecule has 0 bridgehead atoms. The first-order valence-electron chi connectivity index (χ1n) is 8.21. The lowest BCUT2D eigenvalue weighted by Crippen LogP contribution is -2.20. The minimum absolute atomic E-state index is 0.693. The average molecular weight is 381 g/mol. The quantitative estimate of drug-likeness (QED) is 0.598. The molecule has 1 N–H and O–H groups in total. The molecule has 0 atom stereocenters. The minimum Gasteiger partial charge on any atom is -0.371 e. The van der Waals surface area contributed by atoms with E-state index in [1.165, 1.54) is 52.9 Å². The highest BCUT2D eigenvalue weighted by atomic mass is 35.5. The summed E-state index contributed by atoms with van der Waals surface area (Å²) in [6.07, 6.45) is 2.56. The van der Waals surface area contributed by atoms with Crippen LogP contribution in [0.5, 0.6) is 0 Å². The summed E-state index contributed by atoms with van der Waals surface area (Å²) < 4.78 is 3.50. The van der Waals surface area contributed by atoms with Crippen molar-refractivity contribution in [3.05, 3.63) is 51.0 Å². The van der Waals surface area contributed by atoms with Gasteiger partial charge in [-0.1, -0.05) is 29.3 Å². The fourth-order valence-electron chi connectivity index (χ4n) is 3.42. The topological polar surface area (TPSA) is 15.3 Å². The van der Waals surface area contributed by atoms with Crippen LogP contribution in [0, 0.1) is 20.8 Å². The summed E-state index contributed by atoms with van der Waals surface area (Å²) in [5.74, 6) is 0. The first kappa shape index (κ1) is 17.8.